The fourth-order valence-electron chi connectivity index (χ4n) is 7.67. The average Bonchev–Trinajstić information content (AvgIpc) is 3.20. The Labute approximate surface area is 172 Å². The van der Waals surface area contributed by atoms with E-state index in [2.05, 4.69) is 48.6 Å². The van der Waals surface area contributed by atoms with Crippen molar-refractivity contribution in [1.29, 1.82) is 0 Å². The second-order valence-corrected chi connectivity index (χ2v) is 9.74. The van der Waals surface area contributed by atoms with Crippen molar-refractivity contribution in [2.24, 2.45) is 71.0 Å². The van der Waals surface area contributed by atoms with E-state index in [0.717, 1.165) is 0 Å². The monoisotopic (exact) mass is 404 g/mol. The van der Waals surface area contributed by atoms with Crippen LogP contribution in [-0.4, -0.2) is 23.9 Å². The summed E-state index contributed by atoms with van der Waals surface area (Å²) in [5.41, 5.74) is 0. The van der Waals surface area contributed by atoms with Crippen molar-refractivity contribution in [3.05, 3.63) is 48.6 Å². The van der Waals surface area contributed by atoms with Crippen molar-refractivity contribution in [1.82, 2.24) is 0 Å². The maximum atomic E-state index is 12.3. The van der Waals surface area contributed by atoms with E-state index < -0.39 is 47.5 Å². The van der Waals surface area contributed by atoms with E-state index in [4.69, 9.17) is 9.47 Å². The third kappa shape index (κ3) is 1.86. The Morgan fingerprint density at radius 3 is 0.800 bits per heavy atom. The fraction of sp³-hybridized carbons (Fsp3) is 0.500. The van der Waals surface area contributed by atoms with Gasteiger partial charge in [-0.3, -0.25) is 19.2 Å². The van der Waals surface area contributed by atoms with Crippen LogP contribution < -0.4 is 0 Å². The van der Waals surface area contributed by atoms with Crippen molar-refractivity contribution in [2.45, 2.75) is 0 Å². The Balaban J connectivity index is 1.30. The van der Waals surface area contributed by atoms with Gasteiger partial charge >= 0.3 is 23.9 Å². The molecule has 6 heteroatoms. The molecule has 0 N–H and O–H groups in total. The van der Waals surface area contributed by atoms with Crippen molar-refractivity contribution in [3.63, 3.8) is 0 Å². The van der Waals surface area contributed by atoms with Crippen LogP contribution in [0.1, 0.15) is 0 Å². The molecular formula is C24H20O6. The number of ether oxygens (including phenoxy) is 2. The van der Waals surface area contributed by atoms with Crippen LogP contribution in [-0.2, 0) is 28.7 Å². The molecular weight excluding hydrogens is 384 g/mol. The van der Waals surface area contributed by atoms with Crippen LogP contribution in [0, 0.1) is 71.0 Å². The van der Waals surface area contributed by atoms with E-state index in [1.54, 1.807) is 0 Å². The molecule has 4 bridgehead atoms. The summed E-state index contributed by atoms with van der Waals surface area (Å²) >= 11 is 0. The predicted molar refractivity (Wildman–Crippen MR) is 101 cm³/mol. The third-order valence-corrected chi connectivity index (χ3v) is 8.81. The van der Waals surface area contributed by atoms with Gasteiger partial charge in [0.1, 0.15) is 0 Å². The molecule has 2 aliphatic heterocycles. The topological polar surface area (TPSA) is 86.7 Å². The van der Waals surface area contributed by atoms with Crippen molar-refractivity contribution in [3.8, 4) is 0 Å². The Morgan fingerprint density at radius 2 is 0.567 bits per heavy atom. The summed E-state index contributed by atoms with van der Waals surface area (Å²) in [7, 11) is 0. The molecule has 4 fully saturated rings. The van der Waals surface area contributed by atoms with Crippen molar-refractivity contribution < 1.29 is 28.7 Å². The summed E-state index contributed by atoms with van der Waals surface area (Å²) in [6.45, 7) is 0. The number of esters is 4. The molecule has 2 saturated heterocycles. The van der Waals surface area contributed by atoms with Gasteiger partial charge in [-0.15, -0.1) is 0 Å². The molecule has 6 nitrogen and oxygen atoms in total. The minimum absolute atomic E-state index is 0.0523. The number of rotatable bonds is 0. The first-order chi connectivity index (χ1) is 14.5. The SMILES string of the molecule is O=C1OC(=O)[C@H]2[C@@H]3C=C[C@H]([C@H]4C=C[C@H]5[C@@H](C=C[C@H]43)[C@@H]3C=C[C@@H]5[C@H]4C(=O)OC(=O)[C@@H]34)[C@@H]12. The second-order valence-electron chi connectivity index (χ2n) is 9.74. The number of cyclic esters (lactones) is 4. The normalized spacial score (nSPS) is 53.6. The highest BCUT2D eigenvalue weighted by atomic mass is 16.6. The molecule has 12 atom stereocenters. The van der Waals surface area contributed by atoms with Crippen LogP contribution in [0.25, 0.3) is 0 Å². The van der Waals surface area contributed by atoms with Crippen LogP contribution in [0.4, 0.5) is 0 Å². The average molecular weight is 404 g/mol. The smallest absolute Gasteiger partial charge is 0.318 e. The van der Waals surface area contributed by atoms with Crippen molar-refractivity contribution >= 4 is 23.9 Å². The second kappa shape index (κ2) is 5.48. The molecule has 9 rings (SSSR count). The summed E-state index contributed by atoms with van der Waals surface area (Å²) in [5.74, 6) is -2.87. The minimum atomic E-state index is -0.394. The Morgan fingerprint density at radius 1 is 0.367 bits per heavy atom. The van der Waals surface area contributed by atoms with Crippen LogP contribution in [0.3, 0.4) is 0 Å². The van der Waals surface area contributed by atoms with Gasteiger partial charge in [0.15, 0.2) is 0 Å². The fourth-order valence-corrected chi connectivity index (χ4v) is 7.67. The van der Waals surface area contributed by atoms with Gasteiger partial charge in [-0.05, 0) is 47.3 Å². The van der Waals surface area contributed by atoms with E-state index in [-0.39, 0.29) is 47.3 Å². The number of hydrogen-bond donors (Lipinski definition) is 0. The zero-order valence-corrected chi connectivity index (χ0v) is 16.0. The zero-order chi connectivity index (χ0) is 20.3. The number of hydrogen-bond acceptors (Lipinski definition) is 6. The Kier molecular flexibility index (Phi) is 3.10. The molecule has 0 aromatic heterocycles. The van der Waals surface area contributed by atoms with Gasteiger partial charge < -0.3 is 9.47 Å². The van der Waals surface area contributed by atoms with Gasteiger partial charge in [0.05, 0.1) is 23.7 Å². The molecule has 2 saturated carbocycles. The maximum Gasteiger partial charge on any atom is 0.318 e. The van der Waals surface area contributed by atoms with E-state index in [1.165, 1.54) is 0 Å². The Bertz CT molecular complexity index is 874. The van der Waals surface area contributed by atoms with Gasteiger partial charge in [0, 0.05) is 0 Å². The zero-order valence-electron chi connectivity index (χ0n) is 16.0. The molecule has 0 spiro atoms. The van der Waals surface area contributed by atoms with Gasteiger partial charge in [-0.25, -0.2) is 0 Å². The summed E-state index contributed by atoms with van der Waals surface area (Å²) < 4.78 is 10.0. The number of carbonyl (C=O) groups is 4. The predicted octanol–water partition coefficient (Wildman–Crippen LogP) is 1.84. The lowest BCUT2D eigenvalue weighted by molar-refractivity contribution is -0.155. The quantitative estimate of drug-likeness (QED) is 0.348. The van der Waals surface area contributed by atoms with Crippen LogP contribution >= 0.6 is 0 Å². The molecule has 0 aromatic carbocycles. The first-order valence-electron chi connectivity index (χ1n) is 10.8. The lowest BCUT2D eigenvalue weighted by Gasteiger charge is -2.51. The summed E-state index contributed by atoms with van der Waals surface area (Å²) in [4.78, 5) is 49.4. The first-order valence-corrected chi connectivity index (χ1v) is 10.8. The largest absolute Gasteiger partial charge is 0.393 e. The molecule has 2 heterocycles. The van der Waals surface area contributed by atoms with E-state index in [0.29, 0.717) is 0 Å². The highest BCUT2D eigenvalue weighted by Crippen LogP contribution is 2.59. The highest BCUT2D eigenvalue weighted by molar-refractivity contribution is 5.98. The standard InChI is InChI=1S/C24H20O6/c25-21-17-13-5-6-15(19(17)23(27)29-21)11-3-4-12-10(2-1-9(11)13)14-7-8-16(12)20-18(14)22(26)30-24(20)28/h1-20H/t9-,10-,11+,12+,13-,14+,15-,16+,17+,18+,19-,20-. The van der Waals surface area contributed by atoms with Crippen molar-refractivity contribution in [2.75, 3.05) is 0 Å². The lowest BCUT2D eigenvalue weighted by atomic mass is 9.50. The van der Waals surface area contributed by atoms with E-state index in [1.807, 2.05) is 0 Å². The minimum Gasteiger partial charge on any atom is -0.393 e. The molecule has 0 unspecified atom stereocenters. The van der Waals surface area contributed by atoms with E-state index >= 15 is 0 Å². The molecule has 9 aliphatic rings. The molecule has 0 radical (unpaired) electrons. The molecule has 152 valence electrons. The molecule has 0 amide bonds. The molecule has 7 aliphatic carbocycles. The highest BCUT2D eigenvalue weighted by Gasteiger charge is 2.63. The summed E-state index contributed by atoms with van der Waals surface area (Å²) in [6.07, 6.45) is 17.1. The van der Waals surface area contributed by atoms with Gasteiger partial charge in [-0.2, -0.15) is 0 Å². The first kappa shape index (κ1) is 17.0. The van der Waals surface area contributed by atoms with Gasteiger partial charge in [0.2, 0.25) is 0 Å². The molecule has 0 aromatic rings. The maximum absolute atomic E-state index is 12.3. The van der Waals surface area contributed by atoms with Gasteiger partial charge in [-0.1, -0.05) is 48.6 Å². The lowest BCUT2D eigenvalue weighted by Crippen LogP contribution is -2.50. The third-order valence-electron chi connectivity index (χ3n) is 8.81. The Hall–Kier alpha value is -2.76. The van der Waals surface area contributed by atoms with Crippen LogP contribution in [0.15, 0.2) is 48.6 Å². The van der Waals surface area contributed by atoms with Gasteiger partial charge in [0.25, 0.3) is 0 Å². The summed E-state index contributed by atoms with van der Waals surface area (Å²) in [5, 5.41) is 0. The summed E-state index contributed by atoms with van der Waals surface area (Å²) in [6, 6.07) is 0. The number of carbonyl (C=O) groups excluding carboxylic acids is 4. The van der Waals surface area contributed by atoms with Crippen LogP contribution in [0.2, 0.25) is 0 Å². The number of allylic oxidation sites excluding steroid dienone is 8. The van der Waals surface area contributed by atoms with Crippen LogP contribution in [0.5, 0.6) is 0 Å². The van der Waals surface area contributed by atoms with E-state index in [9.17, 15) is 19.2 Å². The molecule has 30 heavy (non-hydrogen) atoms.